The summed E-state index contributed by atoms with van der Waals surface area (Å²) in [6, 6.07) is 14.0. The molecule has 0 spiro atoms. The first-order valence-corrected chi connectivity index (χ1v) is 10.5. The minimum atomic E-state index is -3.71. The van der Waals surface area contributed by atoms with Gasteiger partial charge in [0.15, 0.2) is 0 Å². The van der Waals surface area contributed by atoms with Crippen molar-refractivity contribution in [2.75, 3.05) is 13.4 Å². The summed E-state index contributed by atoms with van der Waals surface area (Å²) in [6.07, 6.45) is 1.78. The van der Waals surface area contributed by atoms with Gasteiger partial charge in [-0.1, -0.05) is 30.3 Å². The van der Waals surface area contributed by atoms with Gasteiger partial charge in [-0.05, 0) is 35.2 Å². The van der Waals surface area contributed by atoms with Crippen molar-refractivity contribution in [1.82, 2.24) is 0 Å². The minimum Gasteiger partial charge on any atom is -0.465 e. The van der Waals surface area contributed by atoms with Crippen molar-refractivity contribution >= 4 is 49.7 Å². The van der Waals surface area contributed by atoms with Crippen LogP contribution in [0.1, 0.15) is 9.67 Å². The molecule has 7 heteroatoms. The molecule has 3 rings (SSSR count). The molecular weight excluding hydrogens is 364 g/mol. The number of thiophene rings is 1. The number of esters is 1. The van der Waals surface area contributed by atoms with Gasteiger partial charge in [0.05, 0.1) is 21.1 Å². The molecule has 0 unspecified atom stereocenters. The van der Waals surface area contributed by atoms with Crippen molar-refractivity contribution in [3.63, 3.8) is 0 Å². The molecule has 1 heterocycles. The second-order valence-corrected chi connectivity index (χ2v) is 9.02. The molecule has 0 amide bonds. The van der Waals surface area contributed by atoms with Gasteiger partial charge in [-0.2, -0.15) is 0 Å². The quantitative estimate of drug-likeness (QED) is 0.502. The van der Waals surface area contributed by atoms with E-state index in [2.05, 4.69) is 0 Å². The minimum absolute atomic E-state index is 0.149. The highest BCUT2D eigenvalue weighted by atomic mass is 32.2. The average Bonchev–Trinajstić information content (AvgIpc) is 3.06. The fraction of sp³-hybridized carbons (Fsp3) is 0.118. The van der Waals surface area contributed by atoms with E-state index in [0.717, 1.165) is 22.1 Å². The van der Waals surface area contributed by atoms with Crippen LogP contribution in [0.2, 0.25) is 0 Å². The fourth-order valence-corrected chi connectivity index (χ4v) is 6.30. The fourth-order valence-electron chi connectivity index (χ4n) is 2.35. The molecule has 0 atom stereocenters. The molecule has 0 aliphatic rings. The summed E-state index contributed by atoms with van der Waals surface area (Å²) in [5.41, 5.74) is 0. The Balaban J connectivity index is 2.15. The van der Waals surface area contributed by atoms with Gasteiger partial charge >= 0.3 is 5.97 Å². The van der Waals surface area contributed by atoms with Crippen molar-refractivity contribution < 1.29 is 17.9 Å². The summed E-state index contributed by atoms with van der Waals surface area (Å²) >= 11 is 2.43. The summed E-state index contributed by atoms with van der Waals surface area (Å²) in [5, 5.41) is 1.83. The third-order valence-electron chi connectivity index (χ3n) is 3.56. The zero-order valence-corrected chi connectivity index (χ0v) is 15.4. The van der Waals surface area contributed by atoms with Gasteiger partial charge in [-0.15, -0.1) is 23.1 Å². The molecule has 3 aromatic rings. The molecule has 0 saturated heterocycles. The molecule has 4 nitrogen and oxygen atoms in total. The molecule has 24 heavy (non-hydrogen) atoms. The van der Waals surface area contributed by atoms with Crippen LogP contribution in [0.4, 0.5) is 0 Å². The molecule has 0 N–H and O–H groups in total. The largest absolute Gasteiger partial charge is 0.465 e. The maximum Gasteiger partial charge on any atom is 0.348 e. The Morgan fingerprint density at radius 2 is 1.79 bits per heavy atom. The summed E-state index contributed by atoms with van der Waals surface area (Å²) in [5.74, 6) is -0.532. The van der Waals surface area contributed by atoms with Crippen molar-refractivity contribution in [2.45, 2.75) is 14.0 Å². The Morgan fingerprint density at radius 3 is 2.46 bits per heavy atom. The molecule has 0 saturated carbocycles. The van der Waals surface area contributed by atoms with Gasteiger partial charge in [0.1, 0.15) is 4.88 Å². The number of fused-ring (bicyclic) bond motifs is 1. The molecule has 2 aromatic carbocycles. The lowest BCUT2D eigenvalue weighted by Crippen LogP contribution is -2.02. The maximum atomic E-state index is 13.0. The van der Waals surface area contributed by atoms with E-state index < -0.39 is 15.8 Å². The predicted molar refractivity (Wildman–Crippen MR) is 96.8 cm³/mol. The zero-order chi connectivity index (χ0) is 17.3. The average molecular weight is 378 g/mol. The van der Waals surface area contributed by atoms with Crippen LogP contribution in [-0.4, -0.2) is 27.8 Å². The molecule has 124 valence electrons. The smallest absolute Gasteiger partial charge is 0.348 e. The third-order valence-corrected chi connectivity index (χ3v) is 7.84. The Kier molecular flexibility index (Phi) is 4.67. The maximum absolute atomic E-state index is 13.0. The van der Waals surface area contributed by atoms with E-state index in [1.54, 1.807) is 24.5 Å². The number of hydrogen-bond acceptors (Lipinski definition) is 6. The Bertz CT molecular complexity index is 1020. The summed E-state index contributed by atoms with van der Waals surface area (Å²) in [7, 11) is -2.44. The molecule has 0 aliphatic carbocycles. The van der Waals surface area contributed by atoms with Gasteiger partial charge in [-0.25, -0.2) is 13.2 Å². The highest BCUT2D eigenvalue weighted by Crippen LogP contribution is 2.37. The van der Waals surface area contributed by atoms with Crippen molar-refractivity contribution in [3.8, 4) is 0 Å². The Hall–Kier alpha value is -1.83. The molecule has 0 fully saturated rings. The molecule has 0 bridgehead atoms. The SMILES string of the molecule is COC(=O)c1cc(S(=O)(=O)c2ccc3ccccc3c2)c(SC)s1. The van der Waals surface area contributed by atoms with Crippen LogP contribution < -0.4 is 0 Å². The van der Waals surface area contributed by atoms with E-state index >= 15 is 0 Å². The zero-order valence-electron chi connectivity index (χ0n) is 13.0. The Morgan fingerprint density at radius 1 is 1.08 bits per heavy atom. The van der Waals surface area contributed by atoms with Crippen LogP contribution in [0.25, 0.3) is 10.8 Å². The third kappa shape index (κ3) is 2.94. The first-order valence-electron chi connectivity index (χ1n) is 6.97. The van der Waals surface area contributed by atoms with Crippen LogP contribution in [-0.2, 0) is 14.6 Å². The molecule has 1 aromatic heterocycles. The first-order chi connectivity index (χ1) is 11.5. The van der Waals surface area contributed by atoms with E-state index in [1.807, 2.05) is 24.3 Å². The number of carbonyl (C=O) groups is 1. The lowest BCUT2D eigenvalue weighted by atomic mass is 10.1. The van der Waals surface area contributed by atoms with Gasteiger partial charge in [0.25, 0.3) is 0 Å². The van der Waals surface area contributed by atoms with Crippen LogP contribution in [0, 0.1) is 0 Å². The van der Waals surface area contributed by atoms with Crippen LogP contribution in [0.15, 0.2) is 62.5 Å². The molecule has 0 aliphatic heterocycles. The van der Waals surface area contributed by atoms with Crippen LogP contribution in [0.5, 0.6) is 0 Å². The van der Waals surface area contributed by atoms with Crippen molar-refractivity contribution in [3.05, 3.63) is 53.4 Å². The number of carbonyl (C=O) groups excluding carboxylic acids is 1. The van der Waals surface area contributed by atoms with Crippen molar-refractivity contribution in [1.29, 1.82) is 0 Å². The summed E-state index contributed by atoms with van der Waals surface area (Å²) in [6.45, 7) is 0. The number of hydrogen-bond donors (Lipinski definition) is 0. The predicted octanol–water partition coefficient (Wildman–Crippen LogP) is 4.24. The normalized spacial score (nSPS) is 11.6. The highest BCUT2D eigenvalue weighted by molar-refractivity contribution is 8.01. The van der Waals surface area contributed by atoms with E-state index in [1.165, 1.54) is 24.9 Å². The number of methoxy groups -OCH3 is 1. The molecular formula is C17H14O4S3. The van der Waals surface area contributed by atoms with E-state index in [0.29, 0.717) is 4.21 Å². The highest BCUT2D eigenvalue weighted by Gasteiger charge is 2.26. The standard InChI is InChI=1S/C17H14O4S3/c1-21-16(18)14-10-15(17(22-2)23-14)24(19,20)13-8-7-11-5-3-4-6-12(11)9-13/h3-10H,1-2H3. The number of rotatable bonds is 4. The second kappa shape index (κ2) is 6.58. The lowest BCUT2D eigenvalue weighted by Gasteiger charge is -2.06. The van der Waals surface area contributed by atoms with Gasteiger partial charge in [0.2, 0.25) is 9.84 Å². The lowest BCUT2D eigenvalue weighted by molar-refractivity contribution is 0.0606. The van der Waals surface area contributed by atoms with E-state index in [4.69, 9.17) is 4.74 Å². The van der Waals surface area contributed by atoms with Gasteiger partial charge in [-0.3, -0.25) is 0 Å². The summed E-state index contributed by atoms with van der Waals surface area (Å²) < 4.78 is 31.3. The topological polar surface area (TPSA) is 60.4 Å². The first kappa shape index (κ1) is 17.0. The second-order valence-electron chi connectivity index (χ2n) is 4.97. The number of thioether (sulfide) groups is 1. The van der Waals surface area contributed by atoms with Crippen LogP contribution in [0.3, 0.4) is 0 Å². The number of ether oxygens (including phenoxy) is 1. The van der Waals surface area contributed by atoms with E-state index in [9.17, 15) is 13.2 Å². The van der Waals surface area contributed by atoms with Gasteiger partial charge in [0, 0.05) is 0 Å². The molecule has 0 radical (unpaired) electrons. The number of sulfone groups is 1. The Labute approximate surface area is 148 Å². The van der Waals surface area contributed by atoms with Crippen molar-refractivity contribution in [2.24, 2.45) is 0 Å². The summed E-state index contributed by atoms with van der Waals surface area (Å²) in [4.78, 5) is 12.4. The number of benzene rings is 2. The van der Waals surface area contributed by atoms with E-state index in [-0.39, 0.29) is 14.7 Å². The van der Waals surface area contributed by atoms with Crippen LogP contribution >= 0.6 is 23.1 Å². The van der Waals surface area contributed by atoms with Gasteiger partial charge < -0.3 is 4.74 Å². The monoisotopic (exact) mass is 378 g/mol.